The molecule has 0 fully saturated rings. The smallest absolute Gasteiger partial charge is 0.189 e. The van der Waals surface area contributed by atoms with E-state index in [4.69, 9.17) is 0 Å². The van der Waals surface area contributed by atoms with E-state index >= 15 is 0 Å². The molecule has 1 aliphatic rings. The summed E-state index contributed by atoms with van der Waals surface area (Å²) in [6.45, 7) is 10.1. The maximum Gasteiger partial charge on any atom is 0.189 e. The van der Waals surface area contributed by atoms with Crippen molar-refractivity contribution in [2.75, 3.05) is 0 Å². The number of allylic oxidation sites excluding steroid dienone is 1. The summed E-state index contributed by atoms with van der Waals surface area (Å²) in [4.78, 5) is 12.2. The molecule has 1 heteroatoms. The third-order valence-corrected chi connectivity index (χ3v) is 3.35. The van der Waals surface area contributed by atoms with E-state index in [-0.39, 0.29) is 5.78 Å². The van der Waals surface area contributed by atoms with E-state index in [1.165, 1.54) is 5.56 Å². The summed E-state index contributed by atoms with van der Waals surface area (Å²) in [5.74, 6) is 0.172. The lowest BCUT2D eigenvalue weighted by molar-refractivity contribution is 0.104. The molecule has 2 aromatic rings. The molecule has 0 amide bonds. The number of hydrogen-bond acceptors (Lipinski definition) is 1. The Balaban J connectivity index is 0.000000561. The summed E-state index contributed by atoms with van der Waals surface area (Å²) in [6.07, 6.45) is 2.75. The summed E-state index contributed by atoms with van der Waals surface area (Å²) in [7, 11) is 0. The van der Waals surface area contributed by atoms with Crippen molar-refractivity contribution < 1.29 is 4.79 Å². The first kappa shape index (κ1) is 17.9. The third kappa shape index (κ3) is 4.17. The molecule has 22 heavy (non-hydrogen) atoms. The zero-order chi connectivity index (χ0) is 16.5. The summed E-state index contributed by atoms with van der Waals surface area (Å²) >= 11 is 0. The average Bonchev–Trinajstić information content (AvgIpc) is 2.90. The highest BCUT2D eigenvalue weighted by molar-refractivity contribution is 6.15. The van der Waals surface area contributed by atoms with E-state index in [1.54, 1.807) is 0 Å². The minimum Gasteiger partial charge on any atom is -0.289 e. The van der Waals surface area contributed by atoms with E-state index < -0.39 is 0 Å². The molecule has 0 bridgehead atoms. The van der Waals surface area contributed by atoms with Gasteiger partial charge in [-0.05, 0) is 24.1 Å². The Morgan fingerprint density at radius 3 is 2.05 bits per heavy atom. The Morgan fingerprint density at radius 2 is 1.45 bits per heavy atom. The van der Waals surface area contributed by atoms with Crippen molar-refractivity contribution in [2.45, 2.75) is 41.0 Å². The lowest BCUT2D eigenvalue weighted by atomic mass is 10.1. The molecular formula is C21H26O. The first-order chi connectivity index (χ1) is 10.7. The molecule has 0 radical (unpaired) electrons. The van der Waals surface area contributed by atoms with Gasteiger partial charge < -0.3 is 0 Å². The van der Waals surface area contributed by atoms with Crippen LogP contribution in [0.5, 0.6) is 0 Å². The van der Waals surface area contributed by atoms with Crippen molar-refractivity contribution in [2.24, 2.45) is 0 Å². The van der Waals surface area contributed by atoms with E-state index in [9.17, 15) is 4.79 Å². The molecule has 0 atom stereocenters. The normalized spacial score (nSPS) is 13.7. The van der Waals surface area contributed by atoms with Gasteiger partial charge in [0.15, 0.2) is 5.78 Å². The van der Waals surface area contributed by atoms with Crippen LogP contribution in [0.3, 0.4) is 0 Å². The Bertz CT molecular complexity index is 633. The molecule has 116 valence electrons. The van der Waals surface area contributed by atoms with Gasteiger partial charge in [-0.2, -0.15) is 0 Å². The summed E-state index contributed by atoms with van der Waals surface area (Å²) in [5, 5.41) is 0. The molecule has 0 aliphatic heterocycles. The quantitative estimate of drug-likeness (QED) is 0.601. The zero-order valence-electron chi connectivity index (χ0n) is 14.3. The molecule has 0 heterocycles. The van der Waals surface area contributed by atoms with Crippen LogP contribution in [0.1, 0.15) is 54.7 Å². The number of carbonyl (C=O) groups excluding carboxylic acids is 1. The van der Waals surface area contributed by atoms with Crippen molar-refractivity contribution in [1.29, 1.82) is 0 Å². The molecule has 1 nitrogen and oxygen atoms in total. The number of Topliss-reactive ketones (excluding diaryl/α,β-unsaturated/α-hetero) is 1. The second kappa shape index (κ2) is 8.99. The van der Waals surface area contributed by atoms with Crippen LogP contribution in [0.2, 0.25) is 0 Å². The third-order valence-electron chi connectivity index (χ3n) is 3.35. The lowest BCUT2D eigenvalue weighted by Crippen LogP contribution is -1.94. The highest BCUT2D eigenvalue weighted by Crippen LogP contribution is 2.27. The van der Waals surface area contributed by atoms with Crippen molar-refractivity contribution in [3.63, 3.8) is 0 Å². The van der Waals surface area contributed by atoms with Crippen LogP contribution in [0.4, 0.5) is 0 Å². The molecule has 0 spiro atoms. The Labute approximate surface area is 134 Å². The van der Waals surface area contributed by atoms with Crippen molar-refractivity contribution in [3.05, 3.63) is 76.4 Å². The van der Waals surface area contributed by atoms with Gasteiger partial charge in [-0.3, -0.25) is 4.79 Å². The zero-order valence-corrected chi connectivity index (χ0v) is 14.3. The monoisotopic (exact) mass is 294 g/mol. The topological polar surface area (TPSA) is 17.1 Å². The molecule has 2 aromatic carbocycles. The largest absolute Gasteiger partial charge is 0.289 e. The molecule has 0 unspecified atom stereocenters. The van der Waals surface area contributed by atoms with E-state index in [1.807, 2.05) is 58.0 Å². The number of hydrogen-bond donors (Lipinski definition) is 0. The van der Waals surface area contributed by atoms with Gasteiger partial charge in [0.25, 0.3) is 0 Å². The number of fused-ring (bicyclic) bond motifs is 1. The fourth-order valence-electron chi connectivity index (χ4n) is 2.33. The Hall–Kier alpha value is -2.15. The van der Waals surface area contributed by atoms with Gasteiger partial charge >= 0.3 is 0 Å². The van der Waals surface area contributed by atoms with Gasteiger partial charge in [0, 0.05) is 17.6 Å². The number of rotatable bonds is 1. The molecule has 0 aromatic heterocycles. The first-order valence-corrected chi connectivity index (χ1v) is 8.14. The summed E-state index contributed by atoms with van der Waals surface area (Å²) in [5.41, 5.74) is 5.21. The van der Waals surface area contributed by atoms with E-state index in [0.29, 0.717) is 0 Å². The second-order valence-corrected chi connectivity index (χ2v) is 4.74. The van der Waals surface area contributed by atoms with Crippen LogP contribution in [-0.4, -0.2) is 5.78 Å². The molecular weight excluding hydrogens is 268 g/mol. The van der Waals surface area contributed by atoms with Gasteiger partial charge in [0.05, 0.1) is 0 Å². The summed E-state index contributed by atoms with van der Waals surface area (Å²) < 4.78 is 0. The average molecular weight is 294 g/mol. The molecule has 0 saturated heterocycles. The molecule has 0 saturated carbocycles. The summed E-state index contributed by atoms with van der Waals surface area (Å²) in [6, 6.07) is 16.1. The van der Waals surface area contributed by atoms with Crippen LogP contribution >= 0.6 is 0 Å². The maximum atomic E-state index is 12.2. The lowest BCUT2D eigenvalue weighted by Gasteiger charge is -1.97. The number of carbonyl (C=O) groups is 1. The Kier molecular flexibility index (Phi) is 7.31. The highest BCUT2D eigenvalue weighted by atomic mass is 16.1. The number of ketones is 1. The highest BCUT2D eigenvalue weighted by Gasteiger charge is 2.23. The van der Waals surface area contributed by atoms with E-state index in [0.717, 1.165) is 28.7 Å². The standard InChI is InChI=1S/C17H14O.2C2H6/c1-12-6-8-13(9-7-12)10-15-11-14-4-2-3-5-16(14)17(15)18;2*1-2/h2-10H,11H2,1H3;2*1-2H3/b15-10+;;. The Morgan fingerprint density at radius 1 is 0.864 bits per heavy atom. The van der Waals surface area contributed by atoms with Crippen LogP contribution in [0.25, 0.3) is 6.08 Å². The van der Waals surface area contributed by atoms with Crippen molar-refractivity contribution >= 4 is 11.9 Å². The number of benzene rings is 2. The predicted molar refractivity (Wildman–Crippen MR) is 96.3 cm³/mol. The van der Waals surface area contributed by atoms with Gasteiger partial charge in [0.1, 0.15) is 0 Å². The first-order valence-electron chi connectivity index (χ1n) is 8.14. The number of aryl methyl sites for hydroxylation is 1. The van der Waals surface area contributed by atoms with Crippen molar-refractivity contribution in [3.8, 4) is 0 Å². The molecule has 0 N–H and O–H groups in total. The minimum absolute atomic E-state index is 0.172. The van der Waals surface area contributed by atoms with Gasteiger partial charge in [0.2, 0.25) is 0 Å². The van der Waals surface area contributed by atoms with Crippen LogP contribution in [-0.2, 0) is 6.42 Å². The minimum atomic E-state index is 0.172. The second-order valence-electron chi connectivity index (χ2n) is 4.74. The molecule has 1 aliphatic carbocycles. The van der Waals surface area contributed by atoms with Crippen LogP contribution < -0.4 is 0 Å². The van der Waals surface area contributed by atoms with E-state index in [2.05, 4.69) is 31.2 Å². The SMILES string of the molecule is CC.CC.Cc1ccc(/C=C2\Cc3ccccc3C2=O)cc1. The molecule has 3 rings (SSSR count). The fourth-order valence-corrected chi connectivity index (χ4v) is 2.33. The van der Waals surface area contributed by atoms with Crippen LogP contribution in [0.15, 0.2) is 54.1 Å². The van der Waals surface area contributed by atoms with Crippen LogP contribution in [0, 0.1) is 6.92 Å². The van der Waals surface area contributed by atoms with Gasteiger partial charge in [-0.1, -0.05) is 81.8 Å². The predicted octanol–water partition coefficient (Wildman–Crippen LogP) is 5.87. The van der Waals surface area contributed by atoms with Gasteiger partial charge in [-0.25, -0.2) is 0 Å². The van der Waals surface area contributed by atoms with Gasteiger partial charge in [-0.15, -0.1) is 0 Å². The maximum absolute atomic E-state index is 12.2. The van der Waals surface area contributed by atoms with Crippen molar-refractivity contribution in [1.82, 2.24) is 0 Å². The fraction of sp³-hybridized carbons (Fsp3) is 0.286.